The van der Waals surface area contributed by atoms with Crippen LogP contribution in [0.25, 0.3) is 0 Å². The smallest absolute Gasteiger partial charge is 0.243 e. The fourth-order valence-corrected chi connectivity index (χ4v) is 5.32. The van der Waals surface area contributed by atoms with Gasteiger partial charge in [0, 0.05) is 30.6 Å². The number of hydrogen-bond acceptors (Lipinski definition) is 4. The number of piperidine rings is 1. The van der Waals surface area contributed by atoms with Crippen LogP contribution in [0.15, 0.2) is 46.0 Å². The number of amides is 1. The lowest BCUT2D eigenvalue weighted by molar-refractivity contribution is -0.126. The van der Waals surface area contributed by atoms with Crippen LogP contribution in [-0.4, -0.2) is 38.3 Å². The Morgan fingerprint density at radius 1 is 1.19 bits per heavy atom. The number of nitrogens with one attached hydrogen (secondary N) is 1. The molecule has 5 nitrogen and oxygen atoms in total. The molecule has 0 unspecified atom stereocenters. The van der Waals surface area contributed by atoms with E-state index in [1.807, 2.05) is 5.38 Å². The van der Waals surface area contributed by atoms with Gasteiger partial charge in [0.05, 0.1) is 4.90 Å². The van der Waals surface area contributed by atoms with Crippen LogP contribution in [0.1, 0.15) is 18.4 Å². The van der Waals surface area contributed by atoms with Gasteiger partial charge in [0.1, 0.15) is 0 Å². The number of thiophene rings is 1. The summed E-state index contributed by atoms with van der Waals surface area (Å²) in [5.74, 6) is -0.113. The van der Waals surface area contributed by atoms with Gasteiger partial charge in [0.25, 0.3) is 0 Å². The Bertz CT molecular complexity index is 828. The minimum atomic E-state index is -3.53. The summed E-state index contributed by atoms with van der Waals surface area (Å²) in [5.41, 5.74) is 1.22. The summed E-state index contributed by atoms with van der Waals surface area (Å²) in [7, 11) is -3.53. The highest BCUT2D eigenvalue weighted by Gasteiger charge is 2.31. The van der Waals surface area contributed by atoms with Gasteiger partial charge in [-0.15, -0.1) is 0 Å². The van der Waals surface area contributed by atoms with Crippen molar-refractivity contribution >= 4 is 38.9 Å². The largest absolute Gasteiger partial charge is 0.356 e. The van der Waals surface area contributed by atoms with Crippen LogP contribution in [0.2, 0.25) is 5.02 Å². The maximum Gasteiger partial charge on any atom is 0.243 e. The minimum absolute atomic E-state index is 0.0174. The number of rotatable bonds is 6. The van der Waals surface area contributed by atoms with Crippen LogP contribution in [0.4, 0.5) is 0 Å². The molecule has 1 aliphatic heterocycles. The number of nitrogens with zero attached hydrogens (tertiary/aromatic N) is 1. The molecule has 0 bridgehead atoms. The highest BCUT2D eigenvalue weighted by Crippen LogP contribution is 2.24. The monoisotopic (exact) mass is 412 g/mol. The molecule has 1 aromatic heterocycles. The van der Waals surface area contributed by atoms with E-state index >= 15 is 0 Å². The van der Waals surface area contributed by atoms with Crippen LogP contribution in [0, 0.1) is 5.92 Å². The van der Waals surface area contributed by atoms with Crippen molar-refractivity contribution in [2.75, 3.05) is 19.6 Å². The number of carbonyl (C=O) groups is 1. The maximum atomic E-state index is 12.7. The van der Waals surface area contributed by atoms with Crippen LogP contribution in [-0.2, 0) is 21.2 Å². The summed E-state index contributed by atoms with van der Waals surface area (Å²) in [4.78, 5) is 12.5. The predicted molar refractivity (Wildman–Crippen MR) is 104 cm³/mol. The summed E-state index contributed by atoms with van der Waals surface area (Å²) in [5, 5.41) is 7.56. The third kappa shape index (κ3) is 4.65. The van der Waals surface area contributed by atoms with Crippen LogP contribution < -0.4 is 5.32 Å². The lowest BCUT2D eigenvalue weighted by Crippen LogP contribution is -2.43. The fraction of sp³-hybridized carbons (Fsp3) is 0.389. The molecule has 0 radical (unpaired) electrons. The van der Waals surface area contributed by atoms with E-state index in [1.54, 1.807) is 23.5 Å². The Balaban J connectivity index is 1.50. The van der Waals surface area contributed by atoms with Crippen molar-refractivity contribution in [3.63, 3.8) is 0 Å². The topological polar surface area (TPSA) is 66.5 Å². The second-order valence-electron chi connectivity index (χ2n) is 6.30. The molecule has 1 aromatic carbocycles. The maximum absolute atomic E-state index is 12.7. The van der Waals surface area contributed by atoms with Gasteiger partial charge in [0.2, 0.25) is 15.9 Å². The minimum Gasteiger partial charge on any atom is -0.356 e. The summed E-state index contributed by atoms with van der Waals surface area (Å²) < 4.78 is 26.8. The molecule has 2 heterocycles. The molecule has 140 valence electrons. The van der Waals surface area contributed by atoms with Gasteiger partial charge < -0.3 is 5.32 Å². The summed E-state index contributed by atoms with van der Waals surface area (Å²) in [6.07, 6.45) is 1.90. The first-order valence-electron chi connectivity index (χ1n) is 8.51. The molecule has 2 aromatic rings. The molecule has 26 heavy (non-hydrogen) atoms. The van der Waals surface area contributed by atoms with E-state index in [-0.39, 0.29) is 16.7 Å². The molecule has 1 saturated heterocycles. The molecular formula is C18H21ClN2O3S2. The first kappa shape index (κ1) is 19.4. The Morgan fingerprint density at radius 2 is 1.88 bits per heavy atom. The van der Waals surface area contributed by atoms with Crippen molar-refractivity contribution in [3.05, 3.63) is 51.7 Å². The quantitative estimate of drug-likeness (QED) is 0.792. The second kappa shape index (κ2) is 8.52. The van der Waals surface area contributed by atoms with Gasteiger partial charge in [-0.2, -0.15) is 15.6 Å². The molecule has 1 amide bonds. The third-order valence-electron chi connectivity index (χ3n) is 4.57. The van der Waals surface area contributed by atoms with E-state index in [0.29, 0.717) is 37.5 Å². The number of benzene rings is 1. The predicted octanol–water partition coefficient (Wildman–Crippen LogP) is 3.16. The standard InChI is InChI=1S/C18H21ClN2O3S2/c19-16-1-3-17(4-2-16)26(23,24)21-10-6-15(7-11-21)18(22)20-9-5-14-8-12-25-13-14/h1-4,8,12-13,15H,5-7,9-11H2,(H,20,22). The lowest BCUT2D eigenvalue weighted by atomic mass is 9.97. The molecule has 0 atom stereocenters. The van der Waals surface area contributed by atoms with Crippen molar-refractivity contribution in [2.24, 2.45) is 5.92 Å². The van der Waals surface area contributed by atoms with E-state index < -0.39 is 10.0 Å². The SMILES string of the molecule is O=C(NCCc1ccsc1)C1CCN(S(=O)(=O)c2ccc(Cl)cc2)CC1. The zero-order valence-electron chi connectivity index (χ0n) is 14.2. The second-order valence-corrected chi connectivity index (χ2v) is 9.46. The molecule has 1 N–H and O–H groups in total. The Labute approximate surface area is 163 Å². The highest BCUT2D eigenvalue weighted by molar-refractivity contribution is 7.89. The van der Waals surface area contributed by atoms with Crippen molar-refractivity contribution < 1.29 is 13.2 Å². The van der Waals surface area contributed by atoms with Crippen molar-refractivity contribution in [3.8, 4) is 0 Å². The van der Waals surface area contributed by atoms with Gasteiger partial charge in [-0.05, 0) is 65.9 Å². The molecule has 0 spiro atoms. The molecule has 3 rings (SSSR count). The van der Waals surface area contributed by atoms with Gasteiger partial charge in [-0.1, -0.05) is 11.6 Å². The number of sulfonamides is 1. The zero-order valence-corrected chi connectivity index (χ0v) is 16.6. The number of halogens is 1. The van der Waals surface area contributed by atoms with E-state index in [1.165, 1.54) is 22.0 Å². The lowest BCUT2D eigenvalue weighted by Gasteiger charge is -2.30. The van der Waals surface area contributed by atoms with Crippen molar-refractivity contribution in [2.45, 2.75) is 24.2 Å². The van der Waals surface area contributed by atoms with E-state index in [9.17, 15) is 13.2 Å². The summed E-state index contributed by atoms with van der Waals surface area (Å²) in [6, 6.07) is 8.23. The van der Waals surface area contributed by atoms with Crippen molar-refractivity contribution in [1.82, 2.24) is 9.62 Å². The first-order valence-corrected chi connectivity index (χ1v) is 11.3. The first-order chi connectivity index (χ1) is 12.5. The van der Waals surface area contributed by atoms with Gasteiger partial charge in [0.15, 0.2) is 0 Å². The van der Waals surface area contributed by atoms with Crippen LogP contribution >= 0.6 is 22.9 Å². The van der Waals surface area contributed by atoms with E-state index in [2.05, 4.69) is 16.8 Å². The molecule has 1 aliphatic rings. The molecular weight excluding hydrogens is 392 g/mol. The average Bonchev–Trinajstić information content (AvgIpc) is 3.15. The fourth-order valence-electron chi connectivity index (χ4n) is 3.02. The average molecular weight is 413 g/mol. The molecule has 0 saturated carbocycles. The van der Waals surface area contributed by atoms with Gasteiger partial charge in [-0.3, -0.25) is 4.79 Å². The van der Waals surface area contributed by atoms with Gasteiger partial charge in [-0.25, -0.2) is 8.42 Å². The summed E-state index contributed by atoms with van der Waals surface area (Å²) >= 11 is 7.47. The third-order valence-corrected chi connectivity index (χ3v) is 7.47. The van der Waals surface area contributed by atoms with E-state index in [4.69, 9.17) is 11.6 Å². The number of carbonyl (C=O) groups excluding carboxylic acids is 1. The molecule has 0 aliphatic carbocycles. The number of hydrogen-bond donors (Lipinski definition) is 1. The Kier molecular flexibility index (Phi) is 6.34. The Morgan fingerprint density at radius 3 is 2.50 bits per heavy atom. The highest BCUT2D eigenvalue weighted by atomic mass is 35.5. The summed E-state index contributed by atoms with van der Waals surface area (Å²) in [6.45, 7) is 1.32. The van der Waals surface area contributed by atoms with Crippen molar-refractivity contribution in [1.29, 1.82) is 0 Å². The van der Waals surface area contributed by atoms with Crippen LogP contribution in [0.5, 0.6) is 0 Å². The molecule has 8 heteroatoms. The van der Waals surface area contributed by atoms with E-state index in [0.717, 1.165) is 6.42 Å². The Hall–Kier alpha value is -1.41. The van der Waals surface area contributed by atoms with Crippen LogP contribution in [0.3, 0.4) is 0 Å². The zero-order chi connectivity index (χ0) is 18.6. The van der Waals surface area contributed by atoms with Gasteiger partial charge >= 0.3 is 0 Å². The normalized spacial score (nSPS) is 16.5. The molecule has 1 fully saturated rings.